The van der Waals surface area contributed by atoms with E-state index in [1.807, 2.05) is 6.07 Å². The molecule has 3 rings (SSSR count). The fourth-order valence-corrected chi connectivity index (χ4v) is 3.66. The number of nitrogens with zero attached hydrogens (tertiary/aromatic N) is 2. The van der Waals surface area contributed by atoms with Gasteiger partial charge >= 0.3 is 0 Å². The van der Waals surface area contributed by atoms with Gasteiger partial charge in [0.15, 0.2) is 0 Å². The molecule has 8 nitrogen and oxygen atoms in total. The number of rotatable bonds is 3. The second kappa shape index (κ2) is 5.70. The number of nitro benzene ring substituents is 1. The Morgan fingerprint density at radius 2 is 2.00 bits per heavy atom. The number of nitro groups is 1. The van der Waals surface area contributed by atoms with Gasteiger partial charge < -0.3 is 4.98 Å². The van der Waals surface area contributed by atoms with Crippen LogP contribution in [0.25, 0.3) is 22.0 Å². The van der Waals surface area contributed by atoms with Gasteiger partial charge in [0.25, 0.3) is 5.69 Å². The zero-order chi connectivity index (χ0) is 18.4. The number of aromatic nitrogens is 1. The molecule has 0 atom stereocenters. The Hall–Kier alpha value is -3.22. The predicted octanol–water partition coefficient (Wildman–Crippen LogP) is 2.57. The zero-order valence-electron chi connectivity index (χ0n) is 13.0. The van der Waals surface area contributed by atoms with Crippen LogP contribution in [0.1, 0.15) is 11.1 Å². The van der Waals surface area contributed by atoms with Crippen molar-refractivity contribution in [3.05, 3.63) is 57.8 Å². The number of H-pyrrole nitrogens is 1. The molecule has 0 aliphatic rings. The zero-order valence-corrected chi connectivity index (χ0v) is 13.8. The maximum atomic E-state index is 12.0. The molecule has 0 unspecified atom stereocenters. The number of hydrogen-bond donors (Lipinski definition) is 2. The smallest absolute Gasteiger partial charge is 0.278 e. The third kappa shape index (κ3) is 2.63. The van der Waals surface area contributed by atoms with Gasteiger partial charge in [0.05, 0.1) is 26.5 Å². The van der Waals surface area contributed by atoms with Crippen molar-refractivity contribution in [1.29, 1.82) is 5.26 Å². The summed E-state index contributed by atoms with van der Waals surface area (Å²) >= 11 is 0. The highest BCUT2D eigenvalue weighted by Gasteiger charge is 2.27. The number of nitrogens with two attached hydrogens (primary N) is 1. The van der Waals surface area contributed by atoms with E-state index in [0.29, 0.717) is 22.0 Å². The summed E-state index contributed by atoms with van der Waals surface area (Å²) in [6, 6.07) is 8.99. The molecule has 0 aliphatic heterocycles. The molecular formula is C16H12N4O4S. The summed E-state index contributed by atoms with van der Waals surface area (Å²) in [4.78, 5) is 13.3. The lowest BCUT2D eigenvalue weighted by Gasteiger charge is -2.11. The van der Waals surface area contributed by atoms with E-state index in [0.717, 1.165) is 5.56 Å². The first-order chi connectivity index (χ1) is 11.8. The number of aromatic amines is 1. The van der Waals surface area contributed by atoms with E-state index in [9.17, 15) is 23.8 Å². The topological polar surface area (TPSA) is 143 Å². The van der Waals surface area contributed by atoms with Gasteiger partial charge in [0.2, 0.25) is 10.0 Å². The van der Waals surface area contributed by atoms with Crippen molar-refractivity contribution < 1.29 is 13.3 Å². The molecule has 3 N–H and O–H groups in total. The Morgan fingerprint density at radius 1 is 1.28 bits per heavy atom. The predicted molar refractivity (Wildman–Crippen MR) is 91.2 cm³/mol. The molecule has 0 bridgehead atoms. The molecule has 0 saturated heterocycles. The molecule has 1 aromatic heterocycles. The van der Waals surface area contributed by atoms with Gasteiger partial charge in [-0.2, -0.15) is 5.26 Å². The van der Waals surface area contributed by atoms with Gasteiger partial charge in [-0.15, -0.1) is 0 Å². The highest BCUT2D eigenvalue weighted by Crippen LogP contribution is 2.40. The van der Waals surface area contributed by atoms with Gasteiger partial charge in [0, 0.05) is 23.2 Å². The first-order valence-corrected chi connectivity index (χ1v) is 8.61. The fraction of sp³-hybridized carbons (Fsp3) is 0.0625. The van der Waals surface area contributed by atoms with Crippen molar-refractivity contribution >= 4 is 26.6 Å². The van der Waals surface area contributed by atoms with Gasteiger partial charge in [-0.3, -0.25) is 10.1 Å². The Morgan fingerprint density at radius 3 is 2.60 bits per heavy atom. The molecule has 0 amide bonds. The lowest BCUT2D eigenvalue weighted by molar-refractivity contribution is -0.384. The van der Waals surface area contributed by atoms with Crippen molar-refractivity contribution in [2.75, 3.05) is 0 Å². The quantitative estimate of drug-likeness (QED) is 0.547. The Bertz CT molecular complexity index is 1170. The Labute approximate surface area is 142 Å². The SMILES string of the molecule is Cc1ccc(-c2c([N+](=O)[O-])cccc2S(N)(=O)=O)c2[nH]cc(C#N)c12. The van der Waals surface area contributed by atoms with E-state index in [2.05, 4.69) is 4.98 Å². The van der Waals surface area contributed by atoms with E-state index < -0.39 is 14.9 Å². The molecule has 126 valence electrons. The normalized spacial score (nSPS) is 11.4. The molecule has 2 aromatic carbocycles. The van der Waals surface area contributed by atoms with E-state index in [-0.39, 0.29) is 16.1 Å². The van der Waals surface area contributed by atoms with E-state index in [1.165, 1.54) is 24.4 Å². The summed E-state index contributed by atoms with van der Waals surface area (Å²) in [6.07, 6.45) is 1.48. The average molecular weight is 356 g/mol. The molecule has 0 radical (unpaired) electrons. The third-order valence-corrected chi connectivity index (χ3v) is 4.89. The molecule has 0 spiro atoms. The molecular weight excluding hydrogens is 344 g/mol. The molecule has 3 aromatic rings. The van der Waals surface area contributed by atoms with Gasteiger partial charge in [-0.1, -0.05) is 18.2 Å². The second-order valence-corrected chi connectivity index (χ2v) is 6.98. The summed E-state index contributed by atoms with van der Waals surface area (Å²) in [7, 11) is -4.20. The Balaban J connectivity index is 2.52. The van der Waals surface area contributed by atoms with E-state index >= 15 is 0 Å². The minimum Gasteiger partial charge on any atom is -0.359 e. The van der Waals surface area contributed by atoms with Crippen molar-refractivity contribution in [3.8, 4) is 17.2 Å². The van der Waals surface area contributed by atoms with E-state index in [1.54, 1.807) is 19.1 Å². The first-order valence-electron chi connectivity index (χ1n) is 7.07. The van der Waals surface area contributed by atoms with Crippen LogP contribution in [0.15, 0.2) is 41.4 Å². The first kappa shape index (κ1) is 16.6. The summed E-state index contributed by atoms with van der Waals surface area (Å²) < 4.78 is 23.9. The monoisotopic (exact) mass is 356 g/mol. The standard InChI is InChI=1S/C16H12N4O4S/c1-9-5-6-11(16-14(9)10(7-17)8-19-16)15-12(20(21)22)3-2-4-13(15)25(18,23)24/h2-6,8,19H,1H3,(H2,18,23,24). The number of benzene rings is 2. The van der Waals surface area contributed by atoms with Crippen molar-refractivity contribution in [3.63, 3.8) is 0 Å². The molecule has 1 heterocycles. The van der Waals surface area contributed by atoms with Gasteiger partial charge in [-0.05, 0) is 18.6 Å². The van der Waals surface area contributed by atoms with Crippen LogP contribution in [0.5, 0.6) is 0 Å². The van der Waals surface area contributed by atoms with Crippen LogP contribution in [-0.4, -0.2) is 18.3 Å². The summed E-state index contributed by atoms with van der Waals surface area (Å²) in [5, 5.41) is 26.5. The number of fused-ring (bicyclic) bond motifs is 1. The van der Waals surface area contributed by atoms with Crippen LogP contribution in [0.2, 0.25) is 0 Å². The summed E-state index contributed by atoms with van der Waals surface area (Å²) in [6.45, 7) is 1.79. The van der Waals surface area contributed by atoms with Crippen LogP contribution >= 0.6 is 0 Å². The molecule has 25 heavy (non-hydrogen) atoms. The van der Waals surface area contributed by atoms with Crippen LogP contribution < -0.4 is 5.14 Å². The highest BCUT2D eigenvalue weighted by molar-refractivity contribution is 7.89. The number of sulfonamides is 1. The van der Waals surface area contributed by atoms with Crippen molar-refractivity contribution in [1.82, 2.24) is 4.98 Å². The number of aryl methyl sites for hydroxylation is 1. The van der Waals surface area contributed by atoms with Crippen LogP contribution in [-0.2, 0) is 10.0 Å². The fourth-order valence-electron chi connectivity index (χ4n) is 2.90. The third-order valence-electron chi connectivity index (χ3n) is 3.94. The Kier molecular flexibility index (Phi) is 3.79. The van der Waals surface area contributed by atoms with Crippen LogP contribution in [0, 0.1) is 28.4 Å². The number of nitriles is 1. The van der Waals surface area contributed by atoms with Gasteiger partial charge in [0.1, 0.15) is 6.07 Å². The van der Waals surface area contributed by atoms with Crippen molar-refractivity contribution in [2.24, 2.45) is 5.14 Å². The molecule has 0 fully saturated rings. The van der Waals surface area contributed by atoms with Crippen LogP contribution in [0.3, 0.4) is 0 Å². The lowest BCUT2D eigenvalue weighted by Crippen LogP contribution is -2.14. The van der Waals surface area contributed by atoms with Crippen LogP contribution in [0.4, 0.5) is 5.69 Å². The minimum atomic E-state index is -4.20. The number of primary sulfonamides is 1. The lowest BCUT2D eigenvalue weighted by atomic mass is 9.97. The maximum absolute atomic E-state index is 12.0. The number of nitrogens with one attached hydrogen (secondary N) is 1. The molecule has 0 saturated carbocycles. The number of hydrogen-bond acceptors (Lipinski definition) is 5. The minimum absolute atomic E-state index is 0.105. The molecule has 0 aliphatic carbocycles. The average Bonchev–Trinajstić information content (AvgIpc) is 2.98. The maximum Gasteiger partial charge on any atom is 0.278 e. The van der Waals surface area contributed by atoms with E-state index in [4.69, 9.17) is 5.14 Å². The summed E-state index contributed by atoms with van der Waals surface area (Å²) in [5.41, 5.74) is 1.39. The highest BCUT2D eigenvalue weighted by atomic mass is 32.2. The van der Waals surface area contributed by atoms with Crippen molar-refractivity contribution in [2.45, 2.75) is 11.8 Å². The van der Waals surface area contributed by atoms with Gasteiger partial charge in [-0.25, -0.2) is 13.6 Å². The second-order valence-electron chi connectivity index (χ2n) is 5.45. The largest absolute Gasteiger partial charge is 0.359 e. The molecule has 9 heteroatoms. The summed E-state index contributed by atoms with van der Waals surface area (Å²) in [5.74, 6) is 0.